The molecule has 0 bridgehead atoms. The van der Waals surface area contributed by atoms with E-state index >= 15 is 0 Å². The maximum atomic E-state index is 12.8. The highest BCUT2D eigenvalue weighted by Gasteiger charge is 2.27. The van der Waals surface area contributed by atoms with Crippen molar-refractivity contribution in [2.45, 2.75) is 25.4 Å². The Morgan fingerprint density at radius 1 is 1.32 bits per heavy atom. The summed E-state index contributed by atoms with van der Waals surface area (Å²) in [6, 6.07) is 5.51. The molecule has 1 amide bonds. The first-order valence-electron chi connectivity index (χ1n) is 8.08. The van der Waals surface area contributed by atoms with E-state index < -0.39 is 0 Å². The molecule has 1 aromatic heterocycles. The monoisotopic (exact) mass is 422 g/mol. The first kappa shape index (κ1) is 20.7. The first-order valence-corrected chi connectivity index (χ1v) is 9.66. The number of nitrogens with two attached hydrogens (primary N) is 1. The number of rotatable bonds is 5. The zero-order valence-electron chi connectivity index (χ0n) is 13.7. The van der Waals surface area contributed by atoms with Crippen LogP contribution in [0.1, 0.15) is 28.9 Å². The molecule has 4 nitrogen and oxygen atoms in total. The average Bonchev–Trinajstić information content (AvgIpc) is 2.91. The number of hydrogen-bond donors (Lipinski definition) is 1. The van der Waals surface area contributed by atoms with Gasteiger partial charge in [-0.15, -0.1) is 23.7 Å². The van der Waals surface area contributed by atoms with Crippen LogP contribution in [0.2, 0.25) is 10.0 Å². The van der Waals surface area contributed by atoms with Gasteiger partial charge in [-0.2, -0.15) is 0 Å². The molecule has 1 aliphatic heterocycles. The van der Waals surface area contributed by atoms with E-state index in [1.54, 1.807) is 6.07 Å². The van der Waals surface area contributed by atoms with Crippen LogP contribution in [0.25, 0.3) is 10.1 Å². The van der Waals surface area contributed by atoms with Gasteiger partial charge in [0.25, 0.3) is 5.91 Å². The zero-order chi connectivity index (χ0) is 17.1. The molecule has 0 aliphatic carbocycles. The van der Waals surface area contributed by atoms with Gasteiger partial charge in [0.05, 0.1) is 11.1 Å². The van der Waals surface area contributed by atoms with Gasteiger partial charge in [0, 0.05) is 34.8 Å². The molecule has 0 saturated carbocycles. The fraction of sp³-hybridized carbons (Fsp3) is 0.471. The summed E-state index contributed by atoms with van der Waals surface area (Å²) in [5.41, 5.74) is 5.47. The molecule has 2 N–H and O–H groups in total. The number of benzene rings is 1. The summed E-state index contributed by atoms with van der Waals surface area (Å²) >= 11 is 13.8. The van der Waals surface area contributed by atoms with Gasteiger partial charge in [0.1, 0.15) is 4.88 Å². The Balaban J connectivity index is 0.00000225. The third kappa shape index (κ3) is 4.79. The molecule has 2 aromatic rings. The number of ether oxygens (including phenoxy) is 1. The number of hydrogen-bond acceptors (Lipinski definition) is 4. The van der Waals surface area contributed by atoms with Crippen molar-refractivity contribution in [1.29, 1.82) is 0 Å². The predicted octanol–water partition coefficient (Wildman–Crippen LogP) is 4.60. The third-order valence-corrected chi connectivity index (χ3v) is 6.10. The first-order chi connectivity index (χ1) is 11.6. The lowest BCUT2D eigenvalue weighted by molar-refractivity contribution is 0.00858. The molecule has 2 heterocycles. The van der Waals surface area contributed by atoms with E-state index in [0.717, 1.165) is 29.3 Å². The van der Waals surface area contributed by atoms with Gasteiger partial charge < -0.3 is 15.4 Å². The van der Waals surface area contributed by atoms with E-state index in [2.05, 4.69) is 0 Å². The number of carbonyl (C=O) groups excluding carboxylic acids is 1. The largest absolute Gasteiger partial charge is 0.378 e. The van der Waals surface area contributed by atoms with Crippen LogP contribution in [0.4, 0.5) is 0 Å². The standard InChI is InChI=1S/C17H20Cl2N2O2S.ClH/c18-11-2-3-13-14(10-11)24-16(15(13)19)17(22)21-7-4-12(5-8-21)23-9-1-6-20;/h2-3,10,12H,1,4-9,20H2;1H. The van der Waals surface area contributed by atoms with Gasteiger partial charge in [0.2, 0.25) is 0 Å². The number of fused-ring (bicyclic) bond motifs is 1. The van der Waals surface area contributed by atoms with Crippen LogP contribution in [0, 0.1) is 0 Å². The summed E-state index contributed by atoms with van der Waals surface area (Å²) < 4.78 is 6.73. The fourth-order valence-corrected chi connectivity index (χ4v) is 4.64. The molecule has 3 rings (SSSR count). The zero-order valence-corrected chi connectivity index (χ0v) is 16.8. The SMILES string of the molecule is Cl.NCCCOC1CCN(C(=O)c2sc3cc(Cl)ccc3c2Cl)CC1. The predicted molar refractivity (Wildman–Crippen MR) is 108 cm³/mol. The molecule has 1 aromatic carbocycles. The normalized spacial score (nSPS) is 15.4. The summed E-state index contributed by atoms with van der Waals surface area (Å²) in [5, 5.41) is 2.06. The number of piperidine rings is 1. The van der Waals surface area contributed by atoms with Crippen LogP contribution in [0.5, 0.6) is 0 Å². The molecule has 25 heavy (non-hydrogen) atoms. The Morgan fingerprint density at radius 2 is 2.04 bits per heavy atom. The summed E-state index contributed by atoms with van der Waals surface area (Å²) in [5.74, 6) is -0.00210. The Kier molecular flexibility index (Phi) is 7.80. The van der Waals surface area contributed by atoms with E-state index in [9.17, 15) is 4.79 Å². The van der Waals surface area contributed by atoms with E-state index in [4.69, 9.17) is 33.7 Å². The molecule has 0 radical (unpaired) electrons. The van der Waals surface area contributed by atoms with Gasteiger partial charge in [-0.05, 0) is 37.9 Å². The lowest BCUT2D eigenvalue weighted by Gasteiger charge is -2.31. The number of nitrogens with zero attached hydrogens (tertiary/aromatic N) is 1. The second-order valence-corrected chi connectivity index (χ2v) is 7.76. The van der Waals surface area contributed by atoms with Crippen LogP contribution < -0.4 is 5.73 Å². The van der Waals surface area contributed by atoms with Crippen molar-refractivity contribution in [1.82, 2.24) is 4.90 Å². The summed E-state index contributed by atoms with van der Waals surface area (Å²) in [6.07, 6.45) is 2.80. The van der Waals surface area contributed by atoms with Crippen molar-refractivity contribution in [2.24, 2.45) is 5.73 Å². The van der Waals surface area contributed by atoms with Crippen LogP contribution >= 0.6 is 46.9 Å². The molecular formula is C17H21Cl3N2O2S. The van der Waals surface area contributed by atoms with E-state index in [1.165, 1.54) is 11.3 Å². The van der Waals surface area contributed by atoms with E-state index in [-0.39, 0.29) is 24.4 Å². The molecule has 8 heteroatoms. The van der Waals surface area contributed by atoms with Crippen LogP contribution in [-0.2, 0) is 4.74 Å². The summed E-state index contributed by atoms with van der Waals surface area (Å²) in [4.78, 5) is 15.3. The molecular weight excluding hydrogens is 403 g/mol. The van der Waals surface area contributed by atoms with Crippen molar-refractivity contribution < 1.29 is 9.53 Å². The van der Waals surface area contributed by atoms with E-state index in [0.29, 0.717) is 41.2 Å². The highest BCUT2D eigenvalue weighted by molar-refractivity contribution is 7.21. The Morgan fingerprint density at radius 3 is 2.72 bits per heavy atom. The smallest absolute Gasteiger partial charge is 0.265 e. The lowest BCUT2D eigenvalue weighted by atomic mass is 10.1. The van der Waals surface area contributed by atoms with Gasteiger partial charge in [-0.25, -0.2) is 0 Å². The van der Waals surface area contributed by atoms with Crippen molar-refractivity contribution >= 4 is 62.9 Å². The number of halogens is 3. The average molecular weight is 424 g/mol. The lowest BCUT2D eigenvalue weighted by Crippen LogP contribution is -2.40. The summed E-state index contributed by atoms with van der Waals surface area (Å²) in [7, 11) is 0. The molecule has 0 atom stereocenters. The van der Waals surface area contributed by atoms with Gasteiger partial charge >= 0.3 is 0 Å². The molecule has 138 valence electrons. The Hall–Kier alpha value is -0.560. The number of thiophene rings is 1. The van der Waals surface area contributed by atoms with Gasteiger partial charge in [-0.1, -0.05) is 29.3 Å². The van der Waals surface area contributed by atoms with Crippen molar-refractivity contribution in [3.63, 3.8) is 0 Å². The molecule has 1 aliphatic rings. The quantitative estimate of drug-likeness (QED) is 0.715. The van der Waals surface area contributed by atoms with Crippen molar-refractivity contribution in [3.05, 3.63) is 33.1 Å². The van der Waals surface area contributed by atoms with Gasteiger partial charge in [0.15, 0.2) is 0 Å². The fourth-order valence-electron chi connectivity index (χ4n) is 2.88. The van der Waals surface area contributed by atoms with E-state index in [1.807, 2.05) is 17.0 Å². The maximum absolute atomic E-state index is 12.8. The minimum Gasteiger partial charge on any atom is -0.378 e. The molecule has 1 saturated heterocycles. The molecule has 0 spiro atoms. The van der Waals surface area contributed by atoms with Crippen molar-refractivity contribution in [2.75, 3.05) is 26.2 Å². The number of carbonyl (C=O) groups is 1. The maximum Gasteiger partial charge on any atom is 0.265 e. The van der Waals surface area contributed by atoms with Crippen LogP contribution in [0.3, 0.4) is 0 Å². The number of likely N-dealkylation sites (tertiary alicyclic amines) is 1. The highest BCUT2D eigenvalue weighted by Crippen LogP contribution is 2.37. The number of amides is 1. The minimum atomic E-state index is -0.00210. The molecule has 1 fully saturated rings. The van der Waals surface area contributed by atoms with Crippen molar-refractivity contribution in [3.8, 4) is 0 Å². The van der Waals surface area contributed by atoms with Crippen LogP contribution in [0.15, 0.2) is 18.2 Å². The van der Waals surface area contributed by atoms with Gasteiger partial charge in [-0.3, -0.25) is 4.79 Å². The topological polar surface area (TPSA) is 55.6 Å². The second-order valence-electron chi connectivity index (χ2n) is 5.89. The van der Waals surface area contributed by atoms with Crippen LogP contribution in [-0.4, -0.2) is 43.2 Å². The Bertz CT molecular complexity index is 730. The highest BCUT2D eigenvalue weighted by atomic mass is 35.5. The Labute approximate surface area is 167 Å². The second kappa shape index (κ2) is 9.40. The summed E-state index contributed by atoms with van der Waals surface area (Å²) in [6.45, 7) is 2.72. The third-order valence-electron chi connectivity index (χ3n) is 4.22. The molecule has 0 unspecified atom stereocenters. The minimum absolute atomic E-state index is 0.